The molecule has 0 unspecified atom stereocenters. The number of halogens is 1. The average Bonchev–Trinajstić information content (AvgIpc) is 3.57. The number of nitrogens with zero attached hydrogens (tertiary/aromatic N) is 7. The molecule has 3 aromatic rings. The first-order chi connectivity index (χ1) is 24.2. The van der Waals surface area contributed by atoms with Crippen LogP contribution in [-0.2, 0) is 27.2 Å². The number of nitriles is 1. The van der Waals surface area contributed by atoms with E-state index in [1.807, 2.05) is 13.8 Å². The van der Waals surface area contributed by atoms with E-state index in [1.54, 1.807) is 4.90 Å². The first kappa shape index (κ1) is 34.9. The van der Waals surface area contributed by atoms with Crippen molar-refractivity contribution in [3.05, 3.63) is 63.9 Å². The molecule has 50 heavy (non-hydrogen) atoms. The van der Waals surface area contributed by atoms with Gasteiger partial charge >= 0.3 is 6.01 Å². The predicted molar refractivity (Wildman–Crippen MR) is 201 cm³/mol. The molecule has 2 atom stereocenters. The predicted octanol–water partition coefficient (Wildman–Crippen LogP) is 5.16. The fraction of sp³-hybridized carbons (Fsp3) is 0.526. The van der Waals surface area contributed by atoms with Gasteiger partial charge in [-0.25, -0.2) is 0 Å². The Hall–Kier alpha value is -3.51. The Labute approximate surface area is 308 Å². The van der Waals surface area contributed by atoms with Gasteiger partial charge in [-0.2, -0.15) is 15.2 Å². The molecule has 0 aliphatic carbocycles. The van der Waals surface area contributed by atoms with E-state index in [-0.39, 0.29) is 24.4 Å². The number of ether oxygens (including phenoxy) is 3. The summed E-state index contributed by atoms with van der Waals surface area (Å²) in [6, 6.07) is 15.6. The average molecular weight is 792 g/mol. The Morgan fingerprint density at radius 2 is 1.90 bits per heavy atom. The van der Waals surface area contributed by atoms with Crippen molar-refractivity contribution in [3.8, 4) is 12.1 Å². The van der Waals surface area contributed by atoms with Gasteiger partial charge in [0.05, 0.1) is 44.0 Å². The zero-order valence-corrected chi connectivity index (χ0v) is 31.2. The molecule has 5 heterocycles. The minimum atomic E-state index is -0.518. The van der Waals surface area contributed by atoms with Crippen molar-refractivity contribution in [2.75, 3.05) is 68.9 Å². The van der Waals surface area contributed by atoms with Crippen LogP contribution in [0.2, 0.25) is 0 Å². The Kier molecular flexibility index (Phi) is 10.5. The van der Waals surface area contributed by atoms with Gasteiger partial charge in [0.2, 0.25) is 5.91 Å². The molecule has 1 amide bonds. The second kappa shape index (κ2) is 15.0. The molecule has 11 nitrogen and oxygen atoms in total. The molecule has 12 heteroatoms. The summed E-state index contributed by atoms with van der Waals surface area (Å²) in [6.07, 6.45) is 4.53. The molecule has 3 saturated heterocycles. The van der Waals surface area contributed by atoms with Crippen LogP contribution in [0.3, 0.4) is 0 Å². The van der Waals surface area contributed by atoms with Gasteiger partial charge in [-0.15, -0.1) is 0 Å². The third-order valence-corrected chi connectivity index (χ3v) is 11.4. The summed E-state index contributed by atoms with van der Waals surface area (Å²) >= 11 is 2.43. The van der Waals surface area contributed by atoms with Crippen LogP contribution in [-0.4, -0.2) is 103 Å². The number of carbonyl (C=O) groups is 1. The maximum Gasteiger partial charge on any atom is 0.318 e. The summed E-state index contributed by atoms with van der Waals surface area (Å²) in [5.74, 6) is 0.519. The highest BCUT2D eigenvalue weighted by Gasteiger charge is 2.35. The Bertz CT molecular complexity index is 1760. The van der Waals surface area contributed by atoms with Crippen LogP contribution in [0.4, 0.5) is 11.5 Å². The van der Waals surface area contributed by atoms with E-state index < -0.39 is 5.79 Å². The zero-order valence-electron chi connectivity index (χ0n) is 29.0. The number of piperazine rings is 1. The number of benzene rings is 2. The lowest BCUT2D eigenvalue weighted by atomic mass is 10.0. The Morgan fingerprint density at radius 1 is 1.10 bits per heavy atom. The minimum absolute atomic E-state index is 0.143. The molecule has 0 radical (unpaired) electrons. The number of hydrogen-bond donors (Lipinski definition) is 0. The van der Waals surface area contributed by atoms with Crippen LogP contribution < -0.4 is 14.5 Å². The van der Waals surface area contributed by atoms with Gasteiger partial charge in [-0.1, -0.05) is 30.8 Å². The first-order valence-electron chi connectivity index (χ1n) is 17.7. The third kappa shape index (κ3) is 7.42. The Morgan fingerprint density at radius 3 is 2.68 bits per heavy atom. The van der Waals surface area contributed by atoms with Crippen molar-refractivity contribution in [3.63, 3.8) is 0 Å². The summed E-state index contributed by atoms with van der Waals surface area (Å²) < 4.78 is 19.6. The van der Waals surface area contributed by atoms with Gasteiger partial charge in [0, 0.05) is 64.9 Å². The molecule has 0 spiro atoms. The van der Waals surface area contributed by atoms with E-state index in [9.17, 15) is 10.1 Å². The number of fused-ring (bicyclic) bond motifs is 2. The maximum atomic E-state index is 12.7. The van der Waals surface area contributed by atoms with E-state index in [1.165, 1.54) is 26.1 Å². The monoisotopic (exact) mass is 791 g/mol. The number of amides is 1. The maximum absolute atomic E-state index is 12.7. The van der Waals surface area contributed by atoms with E-state index in [2.05, 4.69) is 86.3 Å². The molecule has 3 fully saturated rings. The molecule has 0 bridgehead atoms. The van der Waals surface area contributed by atoms with Crippen molar-refractivity contribution in [2.24, 2.45) is 5.92 Å². The van der Waals surface area contributed by atoms with Gasteiger partial charge in [0.1, 0.15) is 12.4 Å². The van der Waals surface area contributed by atoms with Crippen molar-refractivity contribution in [2.45, 2.75) is 63.9 Å². The number of hydrogen-bond acceptors (Lipinski definition) is 10. The van der Waals surface area contributed by atoms with E-state index >= 15 is 0 Å². The largest absolute Gasteiger partial charge is 0.462 e. The standard InChI is InChI=1S/C38H46IN7O4/c1-4-34(47)46-19-18-45(21-28(46)13-15-40)36-30-14-17-44(33-12-6-9-27-8-5-11-31(39)35(27)33)22-32(30)41-37(42-36)48-25-29-10-7-16-43(29)20-26-23-49-38(2,3)50-24-26/h4-6,8-9,11-12,26,28-29H,1,7,10,13-14,16-25H2,2-3H3/t28-,29-/m0/s1. The van der Waals surface area contributed by atoms with E-state index in [4.69, 9.17) is 24.2 Å². The molecule has 1 aromatic heterocycles. The van der Waals surface area contributed by atoms with Gasteiger partial charge in [-0.05, 0) is 85.8 Å². The molecule has 4 aliphatic rings. The van der Waals surface area contributed by atoms with Crippen LogP contribution in [0.25, 0.3) is 10.8 Å². The van der Waals surface area contributed by atoms with Crippen LogP contribution >= 0.6 is 22.6 Å². The van der Waals surface area contributed by atoms with Crippen LogP contribution in [0.15, 0.2) is 49.1 Å². The normalized spacial score (nSPS) is 22.7. The third-order valence-electron chi connectivity index (χ3n) is 10.5. The second-order valence-electron chi connectivity index (χ2n) is 14.2. The van der Waals surface area contributed by atoms with E-state index in [0.717, 1.165) is 56.0 Å². The highest BCUT2D eigenvalue weighted by Crippen LogP contribution is 2.36. The fourth-order valence-corrected chi connectivity index (χ4v) is 8.65. The lowest BCUT2D eigenvalue weighted by Crippen LogP contribution is -2.55. The molecular weight excluding hydrogens is 745 g/mol. The summed E-state index contributed by atoms with van der Waals surface area (Å²) in [7, 11) is 0. The lowest BCUT2D eigenvalue weighted by Gasteiger charge is -2.42. The van der Waals surface area contributed by atoms with Crippen molar-refractivity contribution < 1.29 is 19.0 Å². The molecule has 0 N–H and O–H groups in total. The molecular formula is C38H46IN7O4. The van der Waals surface area contributed by atoms with Crippen LogP contribution in [0.5, 0.6) is 6.01 Å². The minimum Gasteiger partial charge on any atom is -0.462 e. The zero-order chi connectivity index (χ0) is 34.8. The first-order valence-corrected chi connectivity index (χ1v) is 18.8. The smallest absolute Gasteiger partial charge is 0.318 e. The summed E-state index contributed by atoms with van der Waals surface area (Å²) in [4.78, 5) is 31.7. The van der Waals surface area contributed by atoms with Gasteiger partial charge in [-0.3, -0.25) is 9.69 Å². The second-order valence-corrected chi connectivity index (χ2v) is 15.4. The summed E-state index contributed by atoms with van der Waals surface area (Å²) in [6.45, 7) is 14.5. The number of aromatic nitrogens is 2. The molecule has 2 aromatic carbocycles. The van der Waals surface area contributed by atoms with Crippen molar-refractivity contribution in [1.29, 1.82) is 5.26 Å². The van der Waals surface area contributed by atoms with E-state index in [0.29, 0.717) is 57.9 Å². The number of likely N-dealkylation sites (tertiary alicyclic amines) is 1. The lowest BCUT2D eigenvalue weighted by molar-refractivity contribution is -0.263. The summed E-state index contributed by atoms with van der Waals surface area (Å²) in [5.41, 5.74) is 3.28. The highest BCUT2D eigenvalue weighted by molar-refractivity contribution is 14.1. The van der Waals surface area contributed by atoms with Crippen molar-refractivity contribution in [1.82, 2.24) is 19.8 Å². The molecule has 264 valence electrons. The molecule has 7 rings (SSSR count). The topological polar surface area (TPSA) is 107 Å². The molecule has 0 saturated carbocycles. The van der Waals surface area contributed by atoms with Gasteiger partial charge in [0.25, 0.3) is 0 Å². The number of rotatable bonds is 9. The quantitative estimate of drug-likeness (QED) is 0.213. The fourth-order valence-electron chi connectivity index (χ4n) is 7.85. The van der Waals surface area contributed by atoms with Gasteiger partial charge < -0.3 is 28.9 Å². The van der Waals surface area contributed by atoms with Crippen LogP contribution in [0.1, 0.15) is 44.4 Å². The molecule has 4 aliphatic heterocycles. The number of carbonyl (C=O) groups excluding carboxylic acids is 1. The summed E-state index contributed by atoms with van der Waals surface area (Å²) in [5, 5.41) is 12.1. The SMILES string of the molecule is C=CC(=O)N1CCN(c2nc(OC[C@@H]3CCCN3CC3COC(C)(C)OC3)nc3c2CCN(c2cccc4cccc(I)c24)C3)C[C@@H]1CC#N. The number of anilines is 2. The van der Waals surface area contributed by atoms with Crippen LogP contribution in [0, 0.1) is 20.8 Å². The Balaban J connectivity index is 1.15. The van der Waals surface area contributed by atoms with Gasteiger partial charge in [0.15, 0.2) is 5.79 Å². The van der Waals surface area contributed by atoms with Crippen molar-refractivity contribution >= 4 is 50.8 Å². The highest BCUT2D eigenvalue weighted by atomic mass is 127.